The average Bonchev–Trinajstić information content (AvgIpc) is 2.34. The predicted octanol–water partition coefficient (Wildman–Crippen LogP) is 1.53. The lowest BCUT2D eigenvalue weighted by atomic mass is 10.1. The molecule has 0 amide bonds. The summed E-state index contributed by atoms with van der Waals surface area (Å²) in [7, 11) is -1.82. The minimum absolute atomic E-state index is 0.0543. The van der Waals surface area contributed by atoms with Gasteiger partial charge in [-0.2, -0.15) is 0 Å². The van der Waals surface area contributed by atoms with E-state index in [0.29, 0.717) is 25.4 Å². The molecule has 108 valence electrons. The zero-order valence-electron chi connectivity index (χ0n) is 11.3. The molecule has 5 nitrogen and oxygen atoms in total. The molecule has 1 aromatic carbocycles. The van der Waals surface area contributed by atoms with Gasteiger partial charge in [0.1, 0.15) is 5.75 Å². The number of hydrogen-bond donors (Lipinski definition) is 1. The Hall–Kier alpha value is -1.11. The molecule has 2 N–H and O–H groups in total. The van der Waals surface area contributed by atoms with Gasteiger partial charge in [-0.3, -0.25) is 0 Å². The molecule has 1 aromatic rings. The number of primary sulfonamides is 1. The Balaban J connectivity index is 2.57. The van der Waals surface area contributed by atoms with Gasteiger partial charge in [0.25, 0.3) is 0 Å². The van der Waals surface area contributed by atoms with Crippen LogP contribution in [0.2, 0.25) is 0 Å². The number of sulfonamides is 1. The maximum atomic E-state index is 11.1. The Kier molecular flexibility index (Phi) is 6.27. The highest BCUT2D eigenvalue weighted by atomic mass is 32.2. The fraction of sp³-hybridized carbons (Fsp3) is 0.538. The first-order valence-electron chi connectivity index (χ1n) is 6.15. The summed E-state index contributed by atoms with van der Waals surface area (Å²) in [6.45, 7) is 2.77. The standard InChI is InChI=1S/C13H21NO4S/c1-3-11(10-19(14,15)16)9-18-13-6-4-5-12(7-13)8-17-2/h4-7,11H,3,8-10H2,1-2H3,(H2,14,15,16). The van der Waals surface area contributed by atoms with Crippen LogP contribution in [0.3, 0.4) is 0 Å². The van der Waals surface area contributed by atoms with Crippen LogP contribution in [0.4, 0.5) is 0 Å². The van der Waals surface area contributed by atoms with E-state index in [0.717, 1.165) is 5.56 Å². The highest BCUT2D eigenvalue weighted by molar-refractivity contribution is 7.89. The molecule has 0 bridgehead atoms. The highest BCUT2D eigenvalue weighted by Gasteiger charge is 2.14. The van der Waals surface area contributed by atoms with Gasteiger partial charge in [-0.25, -0.2) is 13.6 Å². The van der Waals surface area contributed by atoms with Gasteiger partial charge in [0.05, 0.1) is 19.0 Å². The number of ether oxygens (including phenoxy) is 2. The second-order valence-corrected chi connectivity index (χ2v) is 6.15. The maximum Gasteiger partial charge on any atom is 0.209 e. The first-order valence-corrected chi connectivity index (χ1v) is 7.87. The number of rotatable bonds is 8. The molecule has 19 heavy (non-hydrogen) atoms. The molecule has 0 saturated heterocycles. The van der Waals surface area contributed by atoms with Crippen molar-refractivity contribution in [2.45, 2.75) is 20.0 Å². The van der Waals surface area contributed by atoms with Gasteiger partial charge in [-0.15, -0.1) is 0 Å². The van der Waals surface area contributed by atoms with Crippen molar-refractivity contribution < 1.29 is 17.9 Å². The highest BCUT2D eigenvalue weighted by Crippen LogP contribution is 2.16. The van der Waals surface area contributed by atoms with Crippen molar-refractivity contribution in [1.29, 1.82) is 0 Å². The monoisotopic (exact) mass is 287 g/mol. The zero-order chi connectivity index (χ0) is 14.3. The molecule has 0 heterocycles. The van der Waals surface area contributed by atoms with E-state index < -0.39 is 10.0 Å². The summed E-state index contributed by atoms with van der Waals surface area (Å²) in [5.41, 5.74) is 1.01. The van der Waals surface area contributed by atoms with Crippen molar-refractivity contribution in [3.05, 3.63) is 29.8 Å². The lowest BCUT2D eigenvalue weighted by Crippen LogP contribution is -2.26. The van der Waals surface area contributed by atoms with Crippen molar-refractivity contribution in [3.63, 3.8) is 0 Å². The first kappa shape index (κ1) is 15.9. The lowest BCUT2D eigenvalue weighted by molar-refractivity contribution is 0.184. The van der Waals surface area contributed by atoms with Gasteiger partial charge in [-0.05, 0) is 24.1 Å². The summed E-state index contributed by atoms with van der Waals surface area (Å²) in [5, 5.41) is 5.04. The molecular weight excluding hydrogens is 266 g/mol. The number of methoxy groups -OCH3 is 1. The molecule has 0 aliphatic heterocycles. The van der Waals surface area contributed by atoms with Crippen molar-refractivity contribution in [2.24, 2.45) is 11.1 Å². The molecule has 6 heteroatoms. The Morgan fingerprint density at radius 2 is 2.11 bits per heavy atom. The van der Waals surface area contributed by atoms with Gasteiger partial charge in [0, 0.05) is 13.0 Å². The van der Waals surface area contributed by atoms with Gasteiger partial charge < -0.3 is 9.47 Å². The summed E-state index contributed by atoms with van der Waals surface area (Å²) in [5.74, 6) is 0.560. The van der Waals surface area contributed by atoms with Crippen molar-refractivity contribution in [1.82, 2.24) is 0 Å². The molecule has 0 aromatic heterocycles. The molecule has 1 rings (SSSR count). The van der Waals surface area contributed by atoms with Crippen molar-refractivity contribution in [3.8, 4) is 5.75 Å². The number of hydrogen-bond acceptors (Lipinski definition) is 4. The second-order valence-electron chi connectivity index (χ2n) is 4.50. The molecule has 0 aliphatic carbocycles. The van der Waals surface area contributed by atoms with Crippen molar-refractivity contribution in [2.75, 3.05) is 19.5 Å². The number of nitrogens with two attached hydrogens (primary N) is 1. The lowest BCUT2D eigenvalue weighted by Gasteiger charge is -2.15. The fourth-order valence-corrected chi connectivity index (χ4v) is 2.71. The van der Waals surface area contributed by atoms with Gasteiger partial charge in [0.2, 0.25) is 10.0 Å². The first-order chi connectivity index (χ1) is 8.94. The van der Waals surface area contributed by atoms with E-state index in [2.05, 4.69) is 0 Å². The summed E-state index contributed by atoms with van der Waals surface area (Å²) < 4.78 is 32.8. The normalized spacial score (nSPS) is 13.2. The molecule has 1 atom stereocenters. The van der Waals surface area contributed by atoms with E-state index >= 15 is 0 Å². The van der Waals surface area contributed by atoms with E-state index in [-0.39, 0.29) is 11.7 Å². The molecule has 0 radical (unpaired) electrons. The Bertz CT molecular complexity index is 487. The van der Waals surface area contributed by atoms with Crippen LogP contribution in [0.1, 0.15) is 18.9 Å². The quantitative estimate of drug-likeness (QED) is 0.786. The van der Waals surface area contributed by atoms with Crippen LogP contribution >= 0.6 is 0 Å². The van der Waals surface area contributed by atoms with E-state index in [1.165, 1.54) is 0 Å². The zero-order valence-corrected chi connectivity index (χ0v) is 12.2. The Morgan fingerprint density at radius 1 is 1.37 bits per heavy atom. The van der Waals surface area contributed by atoms with E-state index in [9.17, 15) is 8.42 Å². The van der Waals surface area contributed by atoms with E-state index in [1.807, 2.05) is 31.2 Å². The third-order valence-electron chi connectivity index (χ3n) is 2.74. The van der Waals surface area contributed by atoms with Crippen LogP contribution in [-0.4, -0.2) is 27.9 Å². The average molecular weight is 287 g/mol. The molecule has 1 unspecified atom stereocenters. The molecule has 0 fully saturated rings. The third kappa shape index (κ3) is 6.56. The number of benzene rings is 1. The third-order valence-corrected chi connectivity index (χ3v) is 3.68. The summed E-state index contributed by atoms with van der Waals surface area (Å²) in [4.78, 5) is 0. The Morgan fingerprint density at radius 3 is 2.68 bits per heavy atom. The summed E-state index contributed by atoms with van der Waals surface area (Å²) >= 11 is 0. The fourth-order valence-electron chi connectivity index (χ4n) is 1.72. The molecular formula is C13H21NO4S. The summed E-state index contributed by atoms with van der Waals surface area (Å²) in [6.07, 6.45) is 0.703. The second kappa shape index (κ2) is 7.47. The van der Waals surface area contributed by atoms with Crippen LogP contribution in [0, 0.1) is 5.92 Å². The van der Waals surface area contributed by atoms with Crippen molar-refractivity contribution >= 4 is 10.0 Å². The van der Waals surface area contributed by atoms with Crippen LogP contribution < -0.4 is 9.88 Å². The summed E-state index contributed by atoms with van der Waals surface area (Å²) in [6, 6.07) is 7.54. The molecule has 0 saturated carbocycles. The maximum absolute atomic E-state index is 11.1. The van der Waals surface area contributed by atoms with Crippen LogP contribution in [0.15, 0.2) is 24.3 Å². The van der Waals surface area contributed by atoms with Gasteiger partial charge in [-0.1, -0.05) is 19.1 Å². The SMILES string of the molecule is CCC(COc1cccc(COC)c1)CS(N)(=O)=O. The largest absolute Gasteiger partial charge is 0.493 e. The van der Waals surface area contributed by atoms with Crippen LogP contribution in [0.5, 0.6) is 5.75 Å². The van der Waals surface area contributed by atoms with E-state index in [1.54, 1.807) is 7.11 Å². The molecule has 0 spiro atoms. The van der Waals surface area contributed by atoms with E-state index in [4.69, 9.17) is 14.6 Å². The van der Waals surface area contributed by atoms with Crippen LogP contribution in [0.25, 0.3) is 0 Å². The Labute approximate surface area is 114 Å². The van der Waals surface area contributed by atoms with Gasteiger partial charge >= 0.3 is 0 Å². The predicted molar refractivity (Wildman–Crippen MR) is 74.4 cm³/mol. The van der Waals surface area contributed by atoms with Crippen LogP contribution in [-0.2, 0) is 21.4 Å². The topological polar surface area (TPSA) is 78.6 Å². The smallest absolute Gasteiger partial charge is 0.209 e. The minimum atomic E-state index is -3.46. The minimum Gasteiger partial charge on any atom is -0.493 e. The molecule has 0 aliphatic rings. The van der Waals surface area contributed by atoms with Gasteiger partial charge in [0.15, 0.2) is 0 Å².